The van der Waals surface area contributed by atoms with E-state index in [1.165, 1.54) is 31.3 Å². The van der Waals surface area contributed by atoms with Crippen LogP contribution in [0.25, 0.3) is 0 Å². The number of allylic oxidation sites excluding steroid dienone is 2. The molecule has 0 bridgehead atoms. The topological polar surface area (TPSA) is 46.6 Å². The molecule has 0 aromatic carbocycles. The van der Waals surface area contributed by atoms with Gasteiger partial charge in [-0.25, -0.2) is 4.79 Å². The van der Waals surface area contributed by atoms with Crippen molar-refractivity contribution in [3.63, 3.8) is 0 Å². The number of nitrogens with zero attached hydrogens (tertiary/aromatic N) is 1. The maximum absolute atomic E-state index is 12.8. The molecule has 164 valence electrons. The number of fused-ring (bicyclic) bond motifs is 5. The Labute approximate surface area is 185 Å². The molecule has 1 aliphatic heterocycles. The van der Waals surface area contributed by atoms with Crippen LogP contribution in [0.3, 0.4) is 0 Å². The van der Waals surface area contributed by atoms with Crippen molar-refractivity contribution in [3.8, 4) is 12.3 Å². The molecule has 0 aromatic rings. The molecular weight excluding hydrogens is 386 g/mol. The lowest BCUT2D eigenvalue weighted by Crippen LogP contribution is -2.48. The molecule has 4 aliphatic carbocycles. The standard InChI is InChI=1S/C27H33NO3/c1-4-19-8-10-23-21-9-7-17-14-24(29)25(15-22(17)20(21)11-12-27(19,23)2)31-26(30)18-6-5-13-28(3)16-18/h1,5,13-14,16,19-23,25H,6-12,15H2,2-3H3/t19-,20-,21+,22-,23-,25?,27+/m0/s1. The number of esters is 1. The first kappa shape index (κ1) is 20.6. The highest BCUT2D eigenvalue weighted by Gasteiger charge is 2.56. The van der Waals surface area contributed by atoms with E-state index in [0.29, 0.717) is 48.0 Å². The first-order valence-corrected chi connectivity index (χ1v) is 11.9. The van der Waals surface area contributed by atoms with Crippen molar-refractivity contribution in [2.24, 2.45) is 35.0 Å². The number of hydrogen-bond donors (Lipinski definition) is 0. The van der Waals surface area contributed by atoms with Crippen LogP contribution in [0.1, 0.15) is 58.3 Å². The number of hydrogen-bond acceptors (Lipinski definition) is 4. The number of ether oxygens (including phenoxy) is 1. The van der Waals surface area contributed by atoms with Gasteiger partial charge in [-0.2, -0.15) is 0 Å². The summed E-state index contributed by atoms with van der Waals surface area (Å²) in [6.07, 6.45) is 20.8. The van der Waals surface area contributed by atoms with Crippen LogP contribution in [-0.2, 0) is 14.3 Å². The van der Waals surface area contributed by atoms with Gasteiger partial charge in [0.25, 0.3) is 0 Å². The van der Waals surface area contributed by atoms with Crippen LogP contribution in [0.4, 0.5) is 0 Å². The molecule has 0 saturated heterocycles. The molecule has 3 fully saturated rings. The molecule has 7 atom stereocenters. The summed E-state index contributed by atoms with van der Waals surface area (Å²) in [6, 6.07) is 0. The van der Waals surface area contributed by atoms with Crippen molar-refractivity contribution in [1.29, 1.82) is 0 Å². The fourth-order valence-electron chi connectivity index (χ4n) is 7.56. The molecule has 4 nitrogen and oxygen atoms in total. The molecule has 0 radical (unpaired) electrons. The largest absolute Gasteiger partial charge is 0.451 e. The Morgan fingerprint density at radius 3 is 2.87 bits per heavy atom. The van der Waals surface area contributed by atoms with E-state index in [-0.39, 0.29) is 17.2 Å². The minimum Gasteiger partial charge on any atom is -0.451 e. The molecule has 5 aliphatic rings. The average Bonchev–Trinajstić information content (AvgIpc) is 3.10. The molecule has 5 rings (SSSR count). The predicted molar refractivity (Wildman–Crippen MR) is 119 cm³/mol. The van der Waals surface area contributed by atoms with Crippen LogP contribution in [0.2, 0.25) is 0 Å². The van der Waals surface area contributed by atoms with E-state index in [1.54, 1.807) is 6.20 Å². The van der Waals surface area contributed by atoms with Crippen LogP contribution in [0.5, 0.6) is 0 Å². The summed E-state index contributed by atoms with van der Waals surface area (Å²) in [5.74, 6) is 5.45. The highest BCUT2D eigenvalue weighted by Crippen LogP contribution is 2.63. The van der Waals surface area contributed by atoms with Gasteiger partial charge in [0.05, 0.1) is 5.57 Å². The second kappa shape index (κ2) is 7.69. The Balaban J connectivity index is 1.33. The lowest BCUT2D eigenvalue weighted by Gasteiger charge is -2.53. The fraction of sp³-hybridized carbons (Fsp3) is 0.630. The monoisotopic (exact) mass is 419 g/mol. The van der Waals surface area contributed by atoms with Crippen molar-refractivity contribution in [2.45, 2.75) is 64.4 Å². The highest BCUT2D eigenvalue weighted by atomic mass is 16.5. The van der Waals surface area contributed by atoms with Crippen LogP contribution < -0.4 is 0 Å². The molecule has 0 N–H and O–H groups in total. The lowest BCUT2D eigenvalue weighted by atomic mass is 9.51. The summed E-state index contributed by atoms with van der Waals surface area (Å²) in [7, 11) is 1.89. The maximum atomic E-state index is 12.8. The van der Waals surface area contributed by atoms with Gasteiger partial charge in [-0.1, -0.05) is 18.6 Å². The van der Waals surface area contributed by atoms with E-state index < -0.39 is 6.10 Å². The molecule has 0 amide bonds. The smallest absolute Gasteiger partial charge is 0.336 e. The zero-order valence-electron chi connectivity index (χ0n) is 18.7. The summed E-state index contributed by atoms with van der Waals surface area (Å²) in [6.45, 7) is 2.43. The number of ketones is 1. The number of terminal acetylenes is 1. The average molecular weight is 420 g/mol. The molecule has 1 heterocycles. The van der Waals surface area contributed by atoms with E-state index in [0.717, 1.165) is 12.8 Å². The van der Waals surface area contributed by atoms with Gasteiger partial charge in [-0.15, -0.1) is 12.3 Å². The molecule has 31 heavy (non-hydrogen) atoms. The second-order valence-corrected chi connectivity index (χ2v) is 10.6. The van der Waals surface area contributed by atoms with Gasteiger partial charge in [-0.3, -0.25) is 4.79 Å². The van der Waals surface area contributed by atoms with Crippen LogP contribution in [0, 0.1) is 47.3 Å². The quantitative estimate of drug-likeness (QED) is 0.484. The Morgan fingerprint density at radius 2 is 2.10 bits per heavy atom. The predicted octanol–water partition coefficient (Wildman–Crippen LogP) is 4.63. The SMILES string of the molecule is C#C[C@H]1CC[C@H]2[C@@H]3CCC4=CC(=O)C(OC(=O)C5=CN(C)C=CC5)C[C@@H]4[C@H]3CC[C@]12C. The summed E-state index contributed by atoms with van der Waals surface area (Å²) in [5.41, 5.74) is 2.18. The highest BCUT2D eigenvalue weighted by molar-refractivity contribution is 5.98. The Morgan fingerprint density at radius 1 is 1.26 bits per heavy atom. The van der Waals surface area contributed by atoms with Gasteiger partial charge < -0.3 is 9.64 Å². The summed E-state index contributed by atoms with van der Waals surface area (Å²) in [4.78, 5) is 27.3. The minimum atomic E-state index is -0.646. The Bertz CT molecular complexity index is 921. The fourth-order valence-corrected chi connectivity index (χ4v) is 7.56. The van der Waals surface area contributed by atoms with Gasteiger partial charge in [0.15, 0.2) is 11.9 Å². The van der Waals surface area contributed by atoms with Gasteiger partial charge in [0.1, 0.15) is 0 Å². The summed E-state index contributed by atoms with van der Waals surface area (Å²) >= 11 is 0. The lowest BCUT2D eigenvalue weighted by molar-refractivity contribution is -0.152. The zero-order valence-corrected chi connectivity index (χ0v) is 18.7. The summed E-state index contributed by atoms with van der Waals surface area (Å²) < 4.78 is 5.77. The molecule has 0 spiro atoms. The third-order valence-corrected chi connectivity index (χ3v) is 9.12. The number of rotatable bonds is 2. The molecule has 0 aromatic heterocycles. The van der Waals surface area contributed by atoms with E-state index >= 15 is 0 Å². The van der Waals surface area contributed by atoms with Crippen molar-refractivity contribution < 1.29 is 14.3 Å². The first-order chi connectivity index (χ1) is 14.9. The minimum absolute atomic E-state index is 0.0349. The molecular formula is C27H33NO3. The third-order valence-electron chi connectivity index (χ3n) is 9.12. The van der Waals surface area contributed by atoms with Gasteiger partial charge in [-0.05, 0) is 86.3 Å². The normalized spacial score (nSPS) is 41.3. The van der Waals surface area contributed by atoms with Crippen molar-refractivity contribution in [1.82, 2.24) is 4.90 Å². The molecule has 1 unspecified atom stereocenters. The van der Waals surface area contributed by atoms with Gasteiger partial charge >= 0.3 is 5.97 Å². The van der Waals surface area contributed by atoms with Crippen LogP contribution in [-0.4, -0.2) is 29.8 Å². The van der Waals surface area contributed by atoms with Crippen molar-refractivity contribution in [3.05, 3.63) is 35.7 Å². The number of carbonyl (C=O) groups excluding carboxylic acids is 2. The van der Waals surface area contributed by atoms with Gasteiger partial charge in [0, 0.05) is 25.6 Å². The van der Waals surface area contributed by atoms with Crippen LogP contribution in [0.15, 0.2) is 35.7 Å². The van der Waals surface area contributed by atoms with Crippen LogP contribution >= 0.6 is 0 Å². The second-order valence-electron chi connectivity index (χ2n) is 10.6. The first-order valence-electron chi connectivity index (χ1n) is 11.9. The van der Waals surface area contributed by atoms with E-state index in [4.69, 9.17) is 11.2 Å². The van der Waals surface area contributed by atoms with Crippen molar-refractivity contribution in [2.75, 3.05) is 7.05 Å². The molecule has 4 heteroatoms. The van der Waals surface area contributed by atoms with Crippen molar-refractivity contribution >= 4 is 11.8 Å². The van der Waals surface area contributed by atoms with E-state index in [9.17, 15) is 9.59 Å². The third kappa shape index (κ3) is 3.37. The Hall–Kier alpha value is -2.28. The Kier molecular flexibility index (Phi) is 5.12. The van der Waals surface area contributed by atoms with E-state index in [1.807, 2.05) is 30.3 Å². The van der Waals surface area contributed by atoms with E-state index in [2.05, 4.69) is 12.8 Å². The number of carbonyl (C=O) groups is 2. The summed E-state index contributed by atoms with van der Waals surface area (Å²) in [5, 5.41) is 0. The van der Waals surface area contributed by atoms with Gasteiger partial charge in [0.2, 0.25) is 0 Å². The maximum Gasteiger partial charge on any atom is 0.336 e. The molecule has 3 saturated carbocycles. The zero-order chi connectivity index (χ0) is 21.8.